The maximum absolute atomic E-state index is 10.6. The van der Waals surface area contributed by atoms with Crippen LogP contribution in [0, 0.1) is 6.92 Å². The highest BCUT2D eigenvalue weighted by Gasteiger charge is 2.08. The Labute approximate surface area is 96.7 Å². The highest BCUT2D eigenvalue weighted by Crippen LogP contribution is 2.20. The molecule has 0 bridgehead atoms. The Bertz CT molecular complexity index is 344. The number of aliphatic hydroxyl groups excluding tert-OH is 1. The number of aliphatic hydroxyl groups is 1. The largest absolute Gasteiger partial charge is 0.395 e. The first-order valence-electron chi connectivity index (χ1n) is 5.64. The molecule has 0 saturated heterocycles. The minimum Gasteiger partial charge on any atom is -0.395 e. The summed E-state index contributed by atoms with van der Waals surface area (Å²) in [6.07, 6.45) is 1.89. The molecule has 88 valence electrons. The summed E-state index contributed by atoms with van der Waals surface area (Å²) in [7, 11) is 0. The van der Waals surface area contributed by atoms with Crippen LogP contribution in [0.2, 0.25) is 0 Å². The van der Waals surface area contributed by atoms with Crippen molar-refractivity contribution in [1.29, 1.82) is 0 Å². The fourth-order valence-corrected chi connectivity index (χ4v) is 1.85. The fraction of sp³-hybridized carbons (Fsp3) is 0.462. The number of benzene rings is 1. The van der Waals surface area contributed by atoms with Crippen molar-refractivity contribution < 1.29 is 9.90 Å². The second-order valence-corrected chi connectivity index (χ2v) is 3.87. The maximum Gasteiger partial charge on any atom is 0.150 e. The Morgan fingerprint density at radius 1 is 1.38 bits per heavy atom. The lowest BCUT2D eigenvalue weighted by atomic mass is 10.1. The van der Waals surface area contributed by atoms with Gasteiger partial charge in [-0.1, -0.05) is 6.92 Å². The summed E-state index contributed by atoms with van der Waals surface area (Å²) in [6.45, 7) is 5.80. The second-order valence-electron chi connectivity index (χ2n) is 3.87. The van der Waals surface area contributed by atoms with Crippen molar-refractivity contribution in [3.05, 3.63) is 29.3 Å². The van der Waals surface area contributed by atoms with Gasteiger partial charge in [0.15, 0.2) is 0 Å². The van der Waals surface area contributed by atoms with Crippen LogP contribution in [0.3, 0.4) is 0 Å². The number of rotatable bonds is 6. The van der Waals surface area contributed by atoms with Gasteiger partial charge in [-0.25, -0.2) is 0 Å². The van der Waals surface area contributed by atoms with Crippen LogP contribution in [0.5, 0.6) is 0 Å². The van der Waals surface area contributed by atoms with E-state index in [1.165, 1.54) is 0 Å². The van der Waals surface area contributed by atoms with E-state index in [-0.39, 0.29) is 6.61 Å². The third-order valence-electron chi connectivity index (χ3n) is 2.56. The van der Waals surface area contributed by atoms with Crippen molar-refractivity contribution in [2.75, 3.05) is 24.6 Å². The molecule has 1 aromatic rings. The summed E-state index contributed by atoms with van der Waals surface area (Å²) in [6, 6.07) is 5.64. The molecule has 0 aliphatic rings. The molecule has 0 aromatic heterocycles. The Morgan fingerprint density at radius 2 is 2.12 bits per heavy atom. The number of nitrogens with zero attached hydrogens (tertiary/aromatic N) is 1. The predicted molar refractivity (Wildman–Crippen MR) is 66.2 cm³/mol. The summed E-state index contributed by atoms with van der Waals surface area (Å²) in [4.78, 5) is 12.8. The van der Waals surface area contributed by atoms with Crippen LogP contribution in [0.25, 0.3) is 0 Å². The zero-order chi connectivity index (χ0) is 12.0. The first-order valence-corrected chi connectivity index (χ1v) is 5.64. The van der Waals surface area contributed by atoms with Gasteiger partial charge in [0.2, 0.25) is 0 Å². The van der Waals surface area contributed by atoms with Crippen molar-refractivity contribution >= 4 is 12.0 Å². The summed E-state index contributed by atoms with van der Waals surface area (Å²) in [5.41, 5.74) is 2.87. The number of aryl methyl sites for hydroxylation is 1. The monoisotopic (exact) mass is 221 g/mol. The van der Waals surface area contributed by atoms with Gasteiger partial charge in [-0.15, -0.1) is 0 Å². The number of aldehydes is 1. The van der Waals surface area contributed by atoms with E-state index >= 15 is 0 Å². The molecule has 16 heavy (non-hydrogen) atoms. The molecule has 1 rings (SSSR count). The molecule has 0 radical (unpaired) electrons. The molecule has 0 atom stereocenters. The molecule has 3 heteroatoms. The molecule has 1 N–H and O–H groups in total. The molecule has 0 heterocycles. The summed E-state index contributed by atoms with van der Waals surface area (Å²) < 4.78 is 0. The van der Waals surface area contributed by atoms with Crippen LogP contribution in [-0.4, -0.2) is 31.1 Å². The number of carbonyl (C=O) groups excluding carboxylic acids is 1. The number of hydrogen-bond donors (Lipinski definition) is 1. The van der Waals surface area contributed by atoms with E-state index in [4.69, 9.17) is 5.11 Å². The molecular formula is C13H19NO2. The third kappa shape index (κ3) is 3.07. The van der Waals surface area contributed by atoms with Gasteiger partial charge in [0.1, 0.15) is 6.29 Å². The van der Waals surface area contributed by atoms with Crippen LogP contribution < -0.4 is 4.90 Å². The van der Waals surface area contributed by atoms with Crippen molar-refractivity contribution in [2.24, 2.45) is 0 Å². The topological polar surface area (TPSA) is 40.5 Å². The number of anilines is 1. The SMILES string of the molecule is CCCN(CCO)c1ccc(C=O)cc1C. The Hall–Kier alpha value is -1.35. The van der Waals surface area contributed by atoms with E-state index in [1.54, 1.807) is 0 Å². The first kappa shape index (κ1) is 12.7. The lowest BCUT2D eigenvalue weighted by Crippen LogP contribution is -2.28. The average molecular weight is 221 g/mol. The van der Waals surface area contributed by atoms with Crippen molar-refractivity contribution in [1.82, 2.24) is 0 Å². The summed E-state index contributed by atoms with van der Waals surface area (Å²) >= 11 is 0. The van der Waals surface area contributed by atoms with Gasteiger partial charge in [-0.2, -0.15) is 0 Å². The van der Waals surface area contributed by atoms with Gasteiger partial charge in [-0.05, 0) is 37.1 Å². The molecule has 0 unspecified atom stereocenters. The normalized spacial score (nSPS) is 10.2. The van der Waals surface area contributed by atoms with E-state index in [0.717, 1.165) is 30.5 Å². The molecule has 0 aliphatic heterocycles. The van der Waals surface area contributed by atoms with Gasteiger partial charge >= 0.3 is 0 Å². The lowest BCUT2D eigenvalue weighted by Gasteiger charge is -2.25. The average Bonchev–Trinajstić information content (AvgIpc) is 2.29. The van der Waals surface area contributed by atoms with E-state index in [9.17, 15) is 4.79 Å². The Morgan fingerprint density at radius 3 is 2.62 bits per heavy atom. The summed E-state index contributed by atoms with van der Waals surface area (Å²) in [5, 5.41) is 9.02. The van der Waals surface area contributed by atoms with Crippen molar-refractivity contribution in [2.45, 2.75) is 20.3 Å². The predicted octanol–water partition coefficient (Wildman–Crippen LogP) is 2.02. The molecule has 3 nitrogen and oxygen atoms in total. The first-order chi connectivity index (χ1) is 7.72. The molecule has 0 aliphatic carbocycles. The number of hydrogen-bond acceptors (Lipinski definition) is 3. The number of carbonyl (C=O) groups is 1. The van der Waals surface area contributed by atoms with Gasteiger partial charge < -0.3 is 10.0 Å². The quantitative estimate of drug-likeness (QED) is 0.747. The van der Waals surface area contributed by atoms with Crippen molar-refractivity contribution in [3.8, 4) is 0 Å². The standard InChI is InChI=1S/C13H19NO2/c1-3-6-14(7-8-15)13-5-4-12(10-16)9-11(13)2/h4-5,9-10,15H,3,6-8H2,1-2H3. The third-order valence-corrected chi connectivity index (χ3v) is 2.56. The van der Waals surface area contributed by atoms with Crippen LogP contribution in [0.15, 0.2) is 18.2 Å². The molecule has 0 amide bonds. The zero-order valence-electron chi connectivity index (χ0n) is 9.94. The van der Waals surface area contributed by atoms with Crippen molar-refractivity contribution in [3.63, 3.8) is 0 Å². The Kier molecular flexibility index (Phi) is 4.99. The minimum atomic E-state index is 0.148. The zero-order valence-corrected chi connectivity index (χ0v) is 9.94. The van der Waals surface area contributed by atoms with Crippen LogP contribution >= 0.6 is 0 Å². The summed E-state index contributed by atoms with van der Waals surface area (Å²) in [5.74, 6) is 0. The maximum atomic E-state index is 10.6. The smallest absolute Gasteiger partial charge is 0.150 e. The molecule has 0 fully saturated rings. The molecule has 0 spiro atoms. The highest BCUT2D eigenvalue weighted by atomic mass is 16.3. The Balaban J connectivity index is 2.94. The van der Waals surface area contributed by atoms with Gasteiger partial charge in [0, 0.05) is 24.3 Å². The van der Waals surface area contributed by atoms with E-state index in [2.05, 4.69) is 11.8 Å². The van der Waals surface area contributed by atoms with E-state index in [0.29, 0.717) is 12.1 Å². The van der Waals surface area contributed by atoms with Gasteiger partial charge in [0.25, 0.3) is 0 Å². The fourth-order valence-electron chi connectivity index (χ4n) is 1.85. The van der Waals surface area contributed by atoms with Gasteiger partial charge in [0.05, 0.1) is 6.61 Å². The molecule has 1 aromatic carbocycles. The minimum absolute atomic E-state index is 0.148. The molecule has 0 saturated carbocycles. The van der Waals surface area contributed by atoms with E-state index < -0.39 is 0 Å². The van der Waals surface area contributed by atoms with Crippen LogP contribution in [-0.2, 0) is 0 Å². The molecular weight excluding hydrogens is 202 g/mol. The van der Waals surface area contributed by atoms with E-state index in [1.807, 2.05) is 25.1 Å². The highest BCUT2D eigenvalue weighted by molar-refractivity contribution is 5.76. The van der Waals surface area contributed by atoms with Crippen LogP contribution in [0.1, 0.15) is 29.3 Å². The lowest BCUT2D eigenvalue weighted by molar-refractivity contribution is 0.112. The van der Waals surface area contributed by atoms with Gasteiger partial charge in [-0.3, -0.25) is 4.79 Å². The second kappa shape index (κ2) is 6.28. The van der Waals surface area contributed by atoms with Crippen LogP contribution in [0.4, 0.5) is 5.69 Å².